The van der Waals surface area contributed by atoms with Crippen LogP contribution in [0.2, 0.25) is 0 Å². The molecule has 3 rings (SSSR count). The maximum atomic E-state index is 11.0. The predicted molar refractivity (Wildman–Crippen MR) is 193 cm³/mol. The van der Waals surface area contributed by atoms with E-state index in [-0.39, 0.29) is 28.6 Å². The SMILES string of the molecule is CC(=O)[O-].CC(=O)[O-].CCC(C)c1cc(C=Nc2ccc(N=Cc3cc(C(C)CC)cc(C(C)CC)c3O)cc2)c(O)c(C(C)CC)c1.[Co+2]. The Morgan fingerprint density at radius 1 is 0.612 bits per heavy atom. The van der Waals surface area contributed by atoms with Crippen LogP contribution >= 0.6 is 0 Å². The number of carboxylic acids is 2. The minimum absolute atomic E-state index is 0. The van der Waals surface area contributed by atoms with Crippen molar-refractivity contribution in [3.8, 4) is 11.5 Å². The van der Waals surface area contributed by atoms with E-state index in [2.05, 4.69) is 89.6 Å². The van der Waals surface area contributed by atoms with Gasteiger partial charge in [-0.2, -0.15) is 0 Å². The molecule has 0 aliphatic heterocycles. The molecule has 0 heterocycles. The number of rotatable bonds is 12. The van der Waals surface area contributed by atoms with Crippen LogP contribution in [0.4, 0.5) is 11.4 Å². The zero-order chi connectivity index (χ0) is 36.6. The van der Waals surface area contributed by atoms with Crippen LogP contribution in [0, 0.1) is 0 Å². The summed E-state index contributed by atoms with van der Waals surface area (Å²) >= 11 is 0. The molecule has 0 amide bonds. The van der Waals surface area contributed by atoms with Crippen LogP contribution < -0.4 is 10.2 Å². The van der Waals surface area contributed by atoms with Gasteiger partial charge >= 0.3 is 16.8 Å². The van der Waals surface area contributed by atoms with E-state index in [4.69, 9.17) is 19.8 Å². The van der Waals surface area contributed by atoms with Crippen molar-refractivity contribution in [1.29, 1.82) is 0 Å². The fraction of sp³-hybridized carbons (Fsp3) is 0.450. The van der Waals surface area contributed by atoms with Gasteiger partial charge in [0.1, 0.15) is 11.5 Å². The van der Waals surface area contributed by atoms with Crippen LogP contribution in [0.5, 0.6) is 11.5 Å². The van der Waals surface area contributed by atoms with Crippen molar-refractivity contribution in [3.05, 3.63) is 81.9 Å². The van der Waals surface area contributed by atoms with Crippen LogP contribution in [0.1, 0.15) is 152 Å². The van der Waals surface area contributed by atoms with Gasteiger partial charge in [0, 0.05) is 35.5 Å². The van der Waals surface area contributed by atoms with Crippen LogP contribution in [-0.4, -0.2) is 34.6 Å². The van der Waals surface area contributed by atoms with Gasteiger partial charge in [0.15, 0.2) is 0 Å². The molecule has 0 fully saturated rings. The Morgan fingerprint density at radius 2 is 0.878 bits per heavy atom. The summed E-state index contributed by atoms with van der Waals surface area (Å²) in [5.41, 5.74) is 7.54. The molecule has 0 saturated heterocycles. The van der Waals surface area contributed by atoms with Gasteiger partial charge < -0.3 is 30.0 Å². The molecule has 0 saturated carbocycles. The van der Waals surface area contributed by atoms with Crippen LogP contribution in [0.25, 0.3) is 0 Å². The van der Waals surface area contributed by atoms with E-state index in [1.165, 1.54) is 11.1 Å². The number of hydrogen-bond donors (Lipinski definition) is 2. The molecule has 8 nitrogen and oxygen atoms in total. The van der Waals surface area contributed by atoms with Crippen molar-refractivity contribution < 1.29 is 46.8 Å². The van der Waals surface area contributed by atoms with Crippen molar-refractivity contribution in [1.82, 2.24) is 0 Å². The smallest absolute Gasteiger partial charge is 0.550 e. The first kappa shape index (κ1) is 45.0. The molecule has 1 radical (unpaired) electrons. The Morgan fingerprint density at radius 3 is 1.12 bits per heavy atom. The molecule has 0 aliphatic carbocycles. The summed E-state index contributed by atoms with van der Waals surface area (Å²) in [5, 5.41) is 39.8. The fourth-order valence-corrected chi connectivity index (χ4v) is 4.75. The Hall–Kier alpha value is -3.95. The third-order valence-corrected chi connectivity index (χ3v) is 8.59. The van der Waals surface area contributed by atoms with Crippen molar-refractivity contribution >= 4 is 35.7 Å². The minimum Gasteiger partial charge on any atom is -0.550 e. The first-order chi connectivity index (χ1) is 22.6. The number of carbonyl (C=O) groups excluding carboxylic acids is 2. The zero-order valence-corrected chi connectivity index (χ0v) is 31.7. The maximum absolute atomic E-state index is 11.0. The van der Waals surface area contributed by atoms with E-state index >= 15 is 0 Å². The standard InChI is InChI=1S/C36H48N2O2.2C2H4O2.Co/c1-9-23(5)27-17-29(35(39)33(19-27)25(7)11-3)21-37-31-13-15-32(16-14-31)38-22-30-18-28(24(6)10-2)20-34(36(30)40)26(8)12-4;2*1-2(3)4;/h13-26,39-40H,9-12H2,1-8H3;2*1H3,(H,3,4);/q;;;+2/p-2. The number of phenolic OH excluding ortho intramolecular Hbond substituents is 2. The number of aromatic hydroxyl groups is 2. The molecule has 2 N–H and O–H groups in total. The number of nitrogens with zero attached hydrogens (tertiary/aromatic N) is 2. The molecule has 4 unspecified atom stereocenters. The van der Waals surface area contributed by atoms with Gasteiger partial charge in [0.2, 0.25) is 0 Å². The van der Waals surface area contributed by atoms with Crippen LogP contribution in [-0.2, 0) is 26.4 Å². The number of benzene rings is 3. The zero-order valence-electron chi connectivity index (χ0n) is 30.7. The third kappa shape index (κ3) is 15.0. The molecule has 49 heavy (non-hydrogen) atoms. The van der Waals surface area contributed by atoms with Crippen LogP contribution in [0.15, 0.2) is 58.5 Å². The summed E-state index contributed by atoms with van der Waals surface area (Å²) < 4.78 is 0. The van der Waals surface area contributed by atoms with E-state index < -0.39 is 11.9 Å². The number of aliphatic carboxylic acids is 2. The van der Waals surface area contributed by atoms with Gasteiger partial charge in [0.25, 0.3) is 0 Å². The molecule has 3 aromatic rings. The molecular weight excluding hydrogens is 663 g/mol. The molecule has 4 atom stereocenters. The summed E-state index contributed by atoms with van der Waals surface area (Å²) in [4.78, 5) is 27.1. The quantitative estimate of drug-likeness (QED) is 0.181. The van der Waals surface area contributed by atoms with Gasteiger partial charge in [0.05, 0.1) is 11.4 Å². The van der Waals surface area contributed by atoms with E-state index in [0.717, 1.165) is 73.2 Å². The van der Waals surface area contributed by atoms with Gasteiger partial charge in [-0.1, -0.05) is 67.5 Å². The molecule has 0 aliphatic rings. The number of carboxylic acid groups (broad SMARTS) is 2. The second-order valence-corrected chi connectivity index (χ2v) is 12.3. The monoisotopic (exact) mass is 717 g/mol. The van der Waals surface area contributed by atoms with Crippen molar-refractivity contribution in [2.24, 2.45) is 9.98 Å². The second-order valence-electron chi connectivity index (χ2n) is 12.3. The molecular formula is C40H54CoN2O6. The normalized spacial score (nSPS) is 13.3. The molecule has 0 bridgehead atoms. The van der Waals surface area contributed by atoms with E-state index in [0.29, 0.717) is 23.3 Å². The van der Waals surface area contributed by atoms with E-state index in [1.807, 2.05) is 24.3 Å². The minimum atomic E-state index is -1.08. The number of hydrogen-bond acceptors (Lipinski definition) is 8. The first-order valence-electron chi connectivity index (χ1n) is 16.9. The largest absolute Gasteiger partial charge is 2.00 e. The average Bonchev–Trinajstić information content (AvgIpc) is 3.05. The van der Waals surface area contributed by atoms with Gasteiger partial charge in [-0.25, -0.2) is 0 Å². The third-order valence-electron chi connectivity index (χ3n) is 8.59. The number of carbonyl (C=O) groups is 2. The van der Waals surface area contributed by atoms with Crippen molar-refractivity contribution in [2.45, 2.75) is 119 Å². The molecule has 9 heteroatoms. The topological polar surface area (TPSA) is 145 Å². The Labute approximate surface area is 303 Å². The van der Waals surface area contributed by atoms with Gasteiger partial charge in [-0.05, 0) is 122 Å². The Kier molecular flexibility index (Phi) is 20.8. The van der Waals surface area contributed by atoms with Crippen LogP contribution in [0.3, 0.4) is 0 Å². The van der Waals surface area contributed by atoms with Gasteiger partial charge in [-0.3, -0.25) is 9.98 Å². The molecule has 269 valence electrons. The molecule has 3 aromatic carbocycles. The van der Waals surface area contributed by atoms with Gasteiger partial charge in [-0.15, -0.1) is 0 Å². The fourth-order valence-electron chi connectivity index (χ4n) is 4.75. The van der Waals surface area contributed by atoms with Crippen molar-refractivity contribution in [3.63, 3.8) is 0 Å². The van der Waals surface area contributed by atoms with Crippen molar-refractivity contribution in [2.75, 3.05) is 0 Å². The van der Waals surface area contributed by atoms with E-state index in [9.17, 15) is 10.2 Å². The number of aliphatic imine (C=N–C) groups is 2. The molecule has 0 aromatic heterocycles. The number of phenols is 2. The summed E-state index contributed by atoms with van der Waals surface area (Å²) in [5.74, 6) is -0.136. The summed E-state index contributed by atoms with van der Waals surface area (Å²) in [6.07, 6.45) is 7.55. The summed E-state index contributed by atoms with van der Waals surface area (Å²) in [6, 6.07) is 16.1. The molecule has 0 spiro atoms. The maximum Gasteiger partial charge on any atom is 2.00 e. The summed E-state index contributed by atoms with van der Waals surface area (Å²) in [6.45, 7) is 19.4. The Balaban J connectivity index is 0.00000230. The first-order valence-corrected chi connectivity index (χ1v) is 16.9. The second kappa shape index (κ2) is 22.6. The average molecular weight is 718 g/mol. The van der Waals surface area contributed by atoms with E-state index in [1.54, 1.807) is 12.4 Å². The Bertz CT molecular complexity index is 1410. The summed E-state index contributed by atoms with van der Waals surface area (Å²) in [7, 11) is 0. The predicted octanol–water partition coefficient (Wildman–Crippen LogP) is 8.16.